The van der Waals surface area contributed by atoms with Gasteiger partial charge in [0.05, 0.1) is 39.6 Å². The van der Waals surface area contributed by atoms with E-state index in [9.17, 15) is 14.7 Å². The number of aromatic nitrogens is 5. The van der Waals surface area contributed by atoms with Gasteiger partial charge in [0.25, 0.3) is 5.91 Å². The number of carboxylic acids is 1. The summed E-state index contributed by atoms with van der Waals surface area (Å²) in [5.74, 6) is 0.806. The SMILES string of the molecule is Cc1cnc(NCCCN(C)C)c2cnn(-c3ccc(OCCCc4ccc(N5CCc6cccc(C(=O)Nc7nc8ccccc8s7)c6C5)nc4C(=O)O)cc3)c12. The van der Waals surface area contributed by atoms with Crippen LogP contribution in [0.2, 0.25) is 0 Å². The van der Waals surface area contributed by atoms with Crippen LogP contribution in [0.4, 0.5) is 16.8 Å². The first-order chi connectivity index (χ1) is 28.2. The van der Waals surface area contributed by atoms with Gasteiger partial charge in [0, 0.05) is 31.4 Å². The van der Waals surface area contributed by atoms with Crippen LogP contribution in [0.3, 0.4) is 0 Å². The van der Waals surface area contributed by atoms with E-state index in [0.717, 1.165) is 68.8 Å². The highest BCUT2D eigenvalue weighted by Crippen LogP contribution is 2.31. The van der Waals surface area contributed by atoms with Crippen LogP contribution in [0, 0.1) is 6.92 Å². The molecule has 0 atom stereocenters. The van der Waals surface area contributed by atoms with Gasteiger partial charge in [0.15, 0.2) is 10.8 Å². The summed E-state index contributed by atoms with van der Waals surface area (Å²) in [4.78, 5) is 44.0. The number of benzene rings is 3. The summed E-state index contributed by atoms with van der Waals surface area (Å²) in [5, 5.41) is 22.8. The van der Waals surface area contributed by atoms with Gasteiger partial charge < -0.3 is 25.0 Å². The Kier molecular flexibility index (Phi) is 11.3. The Morgan fingerprint density at radius 3 is 2.62 bits per heavy atom. The average molecular weight is 796 g/mol. The monoisotopic (exact) mass is 795 g/mol. The first-order valence-electron chi connectivity index (χ1n) is 19.4. The summed E-state index contributed by atoms with van der Waals surface area (Å²) in [6.07, 6.45) is 6.54. The Bertz CT molecular complexity index is 2570. The summed E-state index contributed by atoms with van der Waals surface area (Å²) >= 11 is 1.44. The average Bonchev–Trinajstić information content (AvgIpc) is 3.87. The molecule has 0 radical (unpaired) electrons. The smallest absolute Gasteiger partial charge is 0.354 e. The number of hydrogen-bond donors (Lipinski definition) is 3. The molecule has 5 heterocycles. The second-order valence-electron chi connectivity index (χ2n) is 14.7. The van der Waals surface area contributed by atoms with Crippen LogP contribution in [-0.4, -0.2) is 87.0 Å². The Hall–Kier alpha value is -6.38. The highest BCUT2D eigenvalue weighted by Gasteiger charge is 2.25. The van der Waals surface area contributed by atoms with Gasteiger partial charge in [0.2, 0.25) is 0 Å². The Labute approximate surface area is 340 Å². The Balaban J connectivity index is 0.884. The zero-order valence-corrected chi connectivity index (χ0v) is 33.6. The van der Waals surface area contributed by atoms with Crippen molar-refractivity contribution in [2.45, 2.75) is 39.2 Å². The molecular weight excluding hydrogens is 751 g/mol. The molecule has 4 aromatic heterocycles. The van der Waals surface area contributed by atoms with Gasteiger partial charge in [-0.25, -0.2) is 24.4 Å². The van der Waals surface area contributed by atoms with Gasteiger partial charge in [-0.3, -0.25) is 10.1 Å². The number of carbonyl (C=O) groups excluding carboxylic acids is 1. The quantitative estimate of drug-likeness (QED) is 0.0880. The highest BCUT2D eigenvalue weighted by molar-refractivity contribution is 7.22. The number of hydrogen-bond acceptors (Lipinski definition) is 11. The van der Waals surface area contributed by atoms with Crippen molar-refractivity contribution in [3.05, 3.63) is 125 Å². The summed E-state index contributed by atoms with van der Waals surface area (Å²) in [6, 6.07) is 25.1. The van der Waals surface area contributed by atoms with Crippen molar-refractivity contribution in [2.24, 2.45) is 0 Å². The topological polar surface area (TPSA) is 151 Å². The summed E-state index contributed by atoms with van der Waals surface area (Å²) in [5.41, 5.74) is 7.03. The second-order valence-corrected chi connectivity index (χ2v) is 15.7. The van der Waals surface area contributed by atoms with E-state index in [2.05, 4.69) is 44.6 Å². The lowest BCUT2D eigenvalue weighted by Gasteiger charge is -2.31. The lowest BCUT2D eigenvalue weighted by atomic mass is 9.94. The van der Waals surface area contributed by atoms with E-state index in [4.69, 9.17) is 9.84 Å². The van der Waals surface area contributed by atoms with Crippen molar-refractivity contribution in [3.8, 4) is 11.4 Å². The second kappa shape index (κ2) is 17.0. The van der Waals surface area contributed by atoms with Crippen molar-refractivity contribution in [3.63, 3.8) is 0 Å². The maximum atomic E-state index is 13.5. The predicted molar refractivity (Wildman–Crippen MR) is 229 cm³/mol. The van der Waals surface area contributed by atoms with Crippen LogP contribution in [0.15, 0.2) is 91.3 Å². The number of rotatable bonds is 15. The molecular formula is C44H45N9O4S. The van der Waals surface area contributed by atoms with Crippen molar-refractivity contribution >= 4 is 61.1 Å². The van der Waals surface area contributed by atoms with E-state index in [1.807, 2.05) is 108 Å². The molecule has 0 bridgehead atoms. The maximum absolute atomic E-state index is 13.5. The van der Waals surface area contributed by atoms with Gasteiger partial charge in [-0.15, -0.1) is 0 Å². The normalized spacial score (nSPS) is 12.6. The lowest BCUT2D eigenvalue weighted by Crippen LogP contribution is -2.33. The third-order valence-electron chi connectivity index (χ3n) is 10.3. The molecule has 1 amide bonds. The molecule has 1 aliphatic rings. The number of fused-ring (bicyclic) bond motifs is 3. The Morgan fingerprint density at radius 2 is 1.81 bits per heavy atom. The molecule has 0 fully saturated rings. The fraction of sp³-hybridized carbons (Fsp3) is 0.273. The molecule has 0 unspecified atom stereocenters. The van der Waals surface area contributed by atoms with E-state index in [1.54, 1.807) is 0 Å². The van der Waals surface area contributed by atoms with E-state index in [-0.39, 0.29) is 11.6 Å². The van der Waals surface area contributed by atoms with E-state index >= 15 is 0 Å². The molecule has 1 aliphatic heterocycles. The summed E-state index contributed by atoms with van der Waals surface area (Å²) in [7, 11) is 4.14. The summed E-state index contributed by atoms with van der Waals surface area (Å²) < 4.78 is 9.00. The van der Waals surface area contributed by atoms with Crippen LogP contribution < -0.4 is 20.3 Å². The molecule has 13 nitrogen and oxygen atoms in total. The number of ether oxygens (including phenoxy) is 1. The van der Waals surface area contributed by atoms with Crippen LogP contribution in [0.25, 0.3) is 26.8 Å². The van der Waals surface area contributed by atoms with Gasteiger partial charge in [-0.05, 0) is 124 Å². The standard InChI is InChI=1S/C44H45N9O4S/c1-28-25-46-41(45-21-8-22-51(2)3)34-26-47-53(40(28)34)31-15-17-32(18-16-31)57-24-7-10-30-14-19-38(49-39(30)43(55)56)52-23-20-29-9-6-11-33(35(29)27-52)42(54)50-44-48-36-12-4-5-13-37(36)58-44/h4-6,9,11-19,25-26H,7-8,10,20-24,27H2,1-3H3,(H,45,46)(H,55,56)(H,48,50,54). The highest BCUT2D eigenvalue weighted by atomic mass is 32.1. The van der Waals surface area contributed by atoms with E-state index < -0.39 is 5.97 Å². The third-order valence-corrected chi connectivity index (χ3v) is 11.3. The first kappa shape index (κ1) is 38.5. The first-order valence-corrected chi connectivity index (χ1v) is 20.2. The number of aromatic carboxylic acids is 1. The van der Waals surface area contributed by atoms with Crippen LogP contribution in [0.1, 0.15) is 55.9 Å². The van der Waals surface area contributed by atoms with Crippen LogP contribution >= 0.6 is 11.3 Å². The third kappa shape index (κ3) is 8.34. The maximum Gasteiger partial charge on any atom is 0.354 e. The molecule has 7 aromatic rings. The molecule has 8 rings (SSSR count). The fourth-order valence-corrected chi connectivity index (χ4v) is 8.25. The zero-order chi connectivity index (χ0) is 40.2. The zero-order valence-electron chi connectivity index (χ0n) is 32.7. The molecule has 0 aliphatic carbocycles. The molecule has 14 heteroatoms. The van der Waals surface area contributed by atoms with Crippen LogP contribution in [-0.2, 0) is 19.4 Å². The van der Waals surface area contributed by atoms with Crippen LogP contribution in [0.5, 0.6) is 5.75 Å². The van der Waals surface area contributed by atoms with Crippen molar-refractivity contribution in [1.82, 2.24) is 29.6 Å². The van der Waals surface area contributed by atoms with Gasteiger partial charge in [0.1, 0.15) is 17.4 Å². The number of thiazole rings is 1. The number of carboxylic acid groups (broad SMARTS) is 1. The van der Waals surface area contributed by atoms with Crippen molar-refractivity contribution in [1.29, 1.82) is 0 Å². The largest absolute Gasteiger partial charge is 0.494 e. The minimum absolute atomic E-state index is 0.0263. The number of carbonyl (C=O) groups is 2. The molecule has 0 saturated heterocycles. The fourth-order valence-electron chi connectivity index (χ4n) is 7.39. The number of para-hydroxylation sites is 1. The molecule has 58 heavy (non-hydrogen) atoms. The number of nitrogens with one attached hydrogen (secondary N) is 2. The molecule has 3 aromatic carbocycles. The van der Waals surface area contributed by atoms with Crippen molar-refractivity contribution in [2.75, 3.05) is 55.9 Å². The number of anilines is 3. The number of nitrogens with zero attached hydrogens (tertiary/aromatic N) is 7. The van der Waals surface area contributed by atoms with E-state index in [1.165, 1.54) is 11.3 Å². The number of pyridine rings is 2. The van der Waals surface area contributed by atoms with Gasteiger partial charge >= 0.3 is 5.97 Å². The van der Waals surface area contributed by atoms with E-state index in [0.29, 0.717) is 66.8 Å². The molecule has 0 saturated carbocycles. The minimum atomic E-state index is -1.08. The molecule has 296 valence electrons. The molecule has 0 spiro atoms. The van der Waals surface area contributed by atoms with Crippen molar-refractivity contribution < 1.29 is 19.4 Å². The Morgan fingerprint density at radius 1 is 0.966 bits per heavy atom. The van der Waals surface area contributed by atoms with Gasteiger partial charge in [-0.1, -0.05) is 41.7 Å². The summed E-state index contributed by atoms with van der Waals surface area (Å²) in [6.45, 7) is 5.35. The lowest BCUT2D eigenvalue weighted by molar-refractivity contribution is 0.0688. The predicted octanol–water partition coefficient (Wildman–Crippen LogP) is 7.62. The minimum Gasteiger partial charge on any atom is -0.494 e. The number of aryl methyl sites for hydroxylation is 2. The van der Waals surface area contributed by atoms with Gasteiger partial charge in [-0.2, -0.15) is 5.10 Å². The number of amides is 1. The molecule has 3 N–H and O–H groups in total.